The van der Waals surface area contributed by atoms with Crippen molar-refractivity contribution in [3.8, 4) is 0 Å². The summed E-state index contributed by atoms with van der Waals surface area (Å²) in [5, 5.41) is 11.3. The van der Waals surface area contributed by atoms with Crippen molar-refractivity contribution in [2.24, 2.45) is 0 Å². The van der Waals surface area contributed by atoms with Gasteiger partial charge in [-0.05, 0) is 53.6 Å². The predicted molar refractivity (Wildman–Crippen MR) is 120 cm³/mol. The molecule has 1 aromatic carbocycles. The van der Waals surface area contributed by atoms with Crippen molar-refractivity contribution in [2.45, 2.75) is 45.6 Å². The number of likely N-dealkylation sites (tertiary alicyclic amines) is 1. The monoisotopic (exact) mass is 422 g/mol. The lowest BCUT2D eigenvalue weighted by Crippen LogP contribution is -2.31. The maximum absolute atomic E-state index is 13.1. The Morgan fingerprint density at radius 2 is 1.84 bits per heavy atom. The molecule has 1 aromatic heterocycles. The SMILES string of the molecule is COCCCN1C(=O)C(=O)/C(=C(/O)c2cc(C(C)(C)C)ccc2C)C1c1ccncc1. The van der Waals surface area contributed by atoms with E-state index in [-0.39, 0.29) is 16.7 Å². The van der Waals surface area contributed by atoms with E-state index < -0.39 is 17.7 Å². The number of Topliss-reactive ketones (excluding diaryl/α,β-unsaturated/α-hetero) is 1. The summed E-state index contributed by atoms with van der Waals surface area (Å²) in [5.41, 5.74) is 3.17. The van der Waals surface area contributed by atoms with Crippen molar-refractivity contribution in [1.29, 1.82) is 0 Å². The highest BCUT2D eigenvalue weighted by molar-refractivity contribution is 6.46. The summed E-state index contributed by atoms with van der Waals surface area (Å²) >= 11 is 0. The molecule has 31 heavy (non-hydrogen) atoms. The largest absolute Gasteiger partial charge is 0.507 e. The van der Waals surface area contributed by atoms with E-state index in [9.17, 15) is 14.7 Å². The van der Waals surface area contributed by atoms with Gasteiger partial charge in [0, 0.05) is 38.2 Å². The van der Waals surface area contributed by atoms with Crippen molar-refractivity contribution in [3.05, 3.63) is 70.6 Å². The predicted octanol–water partition coefficient (Wildman–Crippen LogP) is 4.15. The maximum atomic E-state index is 13.1. The number of carbonyl (C=O) groups excluding carboxylic acids is 2. The molecule has 1 unspecified atom stereocenters. The van der Waals surface area contributed by atoms with Gasteiger partial charge in [0.25, 0.3) is 11.7 Å². The summed E-state index contributed by atoms with van der Waals surface area (Å²) in [6.45, 7) is 8.98. The Kier molecular flexibility index (Phi) is 6.60. The van der Waals surface area contributed by atoms with E-state index >= 15 is 0 Å². The number of amides is 1. The van der Waals surface area contributed by atoms with E-state index in [1.165, 1.54) is 4.90 Å². The van der Waals surface area contributed by atoms with E-state index in [1.54, 1.807) is 31.6 Å². The van der Waals surface area contributed by atoms with Crippen LogP contribution in [0.25, 0.3) is 5.76 Å². The van der Waals surface area contributed by atoms with E-state index in [0.717, 1.165) is 16.7 Å². The van der Waals surface area contributed by atoms with Gasteiger partial charge in [-0.2, -0.15) is 0 Å². The van der Waals surface area contributed by atoms with Crippen molar-refractivity contribution in [1.82, 2.24) is 9.88 Å². The number of hydrogen-bond acceptors (Lipinski definition) is 5. The Morgan fingerprint density at radius 1 is 1.16 bits per heavy atom. The number of ether oxygens (including phenoxy) is 1. The second kappa shape index (κ2) is 9.02. The maximum Gasteiger partial charge on any atom is 0.295 e. The van der Waals surface area contributed by atoms with Crippen LogP contribution >= 0.6 is 0 Å². The van der Waals surface area contributed by atoms with Gasteiger partial charge >= 0.3 is 0 Å². The van der Waals surface area contributed by atoms with Crippen LogP contribution in [0.2, 0.25) is 0 Å². The van der Waals surface area contributed by atoms with Crippen LogP contribution in [0.5, 0.6) is 0 Å². The first-order valence-corrected chi connectivity index (χ1v) is 10.5. The van der Waals surface area contributed by atoms with E-state index in [4.69, 9.17) is 4.74 Å². The number of aliphatic hydroxyl groups is 1. The number of aryl methyl sites for hydroxylation is 1. The lowest BCUT2D eigenvalue weighted by Gasteiger charge is -2.25. The fourth-order valence-electron chi connectivity index (χ4n) is 3.87. The van der Waals surface area contributed by atoms with Gasteiger partial charge in [0.05, 0.1) is 11.6 Å². The first-order valence-electron chi connectivity index (χ1n) is 10.5. The standard InChI is InChI=1S/C25H30N2O4/c1-16-7-8-18(25(2,3)4)15-19(16)22(28)20-21(17-9-11-26-12-10-17)27(13-6-14-31-5)24(30)23(20)29/h7-12,15,21,28H,6,13-14H2,1-5H3/b22-20+. The Bertz CT molecular complexity index is 1010. The zero-order valence-electron chi connectivity index (χ0n) is 18.8. The summed E-state index contributed by atoms with van der Waals surface area (Å²) in [6.07, 6.45) is 3.83. The third kappa shape index (κ3) is 4.54. The van der Waals surface area contributed by atoms with Gasteiger partial charge in [-0.25, -0.2) is 0 Å². The molecule has 0 spiro atoms. The van der Waals surface area contributed by atoms with Gasteiger partial charge in [-0.1, -0.05) is 32.9 Å². The molecule has 0 aliphatic carbocycles. The number of hydrogen-bond donors (Lipinski definition) is 1. The smallest absolute Gasteiger partial charge is 0.295 e. The fourth-order valence-corrected chi connectivity index (χ4v) is 3.87. The Balaban J connectivity index is 2.17. The summed E-state index contributed by atoms with van der Waals surface area (Å²) in [7, 11) is 1.60. The molecule has 6 nitrogen and oxygen atoms in total. The molecule has 1 atom stereocenters. The summed E-state index contributed by atoms with van der Waals surface area (Å²) in [6, 6.07) is 8.74. The average Bonchev–Trinajstić information content (AvgIpc) is 2.98. The highest BCUT2D eigenvalue weighted by Crippen LogP contribution is 2.40. The lowest BCUT2D eigenvalue weighted by atomic mass is 9.84. The molecule has 2 heterocycles. The molecule has 6 heteroatoms. The number of ketones is 1. The molecular formula is C25H30N2O4. The number of methoxy groups -OCH3 is 1. The Hall–Kier alpha value is -2.99. The van der Waals surface area contributed by atoms with Crippen LogP contribution < -0.4 is 0 Å². The third-order valence-corrected chi connectivity index (χ3v) is 5.67. The van der Waals surface area contributed by atoms with Crippen LogP contribution in [0, 0.1) is 6.92 Å². The quantitative estimate of drug-likeness (QED) is 0.327. The third-order valence-electron chi connectivity index (χ3n) is 5.67. The summed E-state index contributed by atoms with van der Waals surface area (Å²) in [4.78, 5) is 31.6. The molecule has 0 bridgehead atoms. The number of pyridine rings is 1. The summed E-state index contributed by atoms with van der Waals surface area (Å²) < 4.78 is 5.11. The molecule has 1 fully saturated rings. The van der Waals surface area contributed by atoms with Crippen LogP contribution in [0.15, 0.2) is 48.3 Å². The topological polar surface area (TPSA) is 79.7 Å². The molecule has 2 aromatic rings. The van der Waals surface area contributed by atoms with Crippen LogP contribution in [0.1, 0.15) is 55.5 Å². The minimum absolute atomic E-state index is 0.114. The average molecular weight is 423 g/mol. The number of nitrogens with zero attached hydrogens (tertiary/aromatic N) is 2. The molecule has 1 N–H and O–H groups in total. The van der Waals surface area contributed by atoms with Crippen LogP contribution in [0.4, 0.5) is 0 Å². The van der Waals surface area contributed by atoms with E-state index in [1.807, 2.05) is 25.1 Å². The highest BCUT2D eigenvalue weighted by Gasteiger charge is 2.45. The van der Waals surface area contributed by atoms with Gasteiger partial charge in [0.2, 0.25) is 0 Å². The second-order valence-electron chi connectivity index (χ2n) is 8.90. The second-order valence-corrected chi connectivity index (χ2v) is 8.90. The molecule has 1 aliphatic heterocycles. The van der Waals surface area contributed by atoms with Gasteiger partial charge in [-0.3, -0.25) is 14.6 Å². The zero-order chi connectivity index (χ0) is 22.8. The van der Waals surface area contributed by atoms with Crippen molar-refractivity contribution in [2.75, 3.05) is 20.3 Å². The number of carbonyl (C=O) groups is 2. The molecule has 0 saturated carbocycles. The molecule has 1 aliphatic rings. The number of benzene rings is 1. The number of aromatic nitrogens is 1. The lowest BCUT2D eigenvalue weighted by molar-refractivity contribution is -0.140. The minimum Gasteiger partial charge on any atom is -0.507 e. The minimum atomic E-state index is -0.669. The molecule has 3 rings (SSSR count). The van der Waals surface area contributed by atoms with E-state index in [0.29, 0.717) is 25.1 Å². The Morgan fingerprint density at radius 3 is 2.45 bits per heavy atom. The fraction of sp³-hybridized carbons (Fsp3) is 0.400. The van der Waals surface area contributed by atoms with Crippen LogP contribution in [-0.2, 0) is 19.7 Å². The van der Waals surface area contributed by atoms with Crippen molar-refractivity contribution in [3.63, 3.8) is 0 Å². The van der Waals surface area contributed by atoms with Gasteiger partial charge in [0.15, 0.2) is 0 Å². The van der Waals surface area contributed by atoms with Crippen molar-refractivity contribution >= 4 is 17.4 Å². The number of aliphatic hydroxyl groups excluding tert-OH is 1. The Labute approximate surface area is 183 Å². The van der Waals surface area contributed by atoms with Crippen LogP contribution in [-0.4, -0.2) is 46.9 Å². The molecule has 1 amide bonds. The van der Waals surface area contributed by atoms with Gasteiger partial charge in [-0.15, -0.1) is 0 Å². The first kappa shape index (κ1) is 22.7. The summed E-state index contributed by atoms with van der Waals surface area (Å²) in [5.74, 6) is -1.42. The highest BCUT2D eigenvalue weighted by atomic mass is 16.5. The molecular weight excluding hydrogens is 392 g/mol. The van der Waals surface area contributed by atoms with Crippen LogP contribution in [0.3, 0.4) is 0 Å². The van der Waals surface area contributed by atoms with E-state index in [2.05, 4.69) is 25.8 Å². The number of rotatable bonds is 6. The molecule has 0 radical (unpaired) electrons. The first-order chi connectivity index (χ1) is 14.7. The van der Waals surface area contributed by atoms with Gasteiger partial charge in [0.1, 0.15) is 5.76 Å². The van der Waals surface area contributed by atoms with Gasteiger partial charge < -0.3 is 14.7 Å². The normalized spacial score (nSPS) is 18.6. The molecule has 1 saturated heterocycles. The molecule has 164 valence electrons. The zero-order valence-corrected chi connectivity index (χ0v) is 18.8. The van der Waals surface area contributed by atoms with Crippen molar-refractivity contribution < 1.29 is 19.4 Å².